The first-order valence-electron chi connectivity index (χ1n) is 8.03. The summed E-state index contributed by atoms with van der Waals surface area (Å²) in [5.41, 5.74) is 9.43. The third-order valence-corrected chi connectivity index (χ3v) is 4.92. The predicted octanol–water partition coefficient (Wildman–Crippen LogP) is 2.80. The summed E-state index contributed by atoms with van der Waals surface area (Å²) in [6.07, 6.45) is 8.51. The van der Waals surface area contributed by atoms with Gasteiger partial charge in [-0.3, -0.25) is 4.79 Å². The molecule has 124 valence electrons. The molecule has 0 amide bonds. The summed E-state index contributed by atoms with van der Waals surface area (Å²) in [6, 6.07) is 0.492. The maximum Gasteiger partial charge on any atom is 0.285 e. The van der Waals surface area contributed by atoms with Gasteiger partial charge in [0.25, 0.3) is 5.56 Å². The predicted molar refractivity (Wildman–Crippen MR) is 88.9 cm³/mol. The van der Waals surface area contributed by atoms with Gasteiger partial charge in [-0.15, -0.1) is 0 Å². The Kier molecular flexibility index (Phi) is 4.95. The minimum absolute atomic E-state index is 0.132. The zero-order valence-electron chi connectivity index (χ0n) is 12.9. The highest BCUT2D eigenvalue weighted by Crippen LogP contribution is 2.28. The lowest BCUT2D eigenvalue weighted by Crippen LogP contribution is -2.39. The van der Waals surface area contributed by atoms with E-state index in [0.717, 1.165) is 18.7 Å². The van der Waals surface area contributed by atoms with E-state index in [-0.39, 0.29) is 5.02 Å². The minimum Gasteiger partial charge on any atom is -0.384 e. The molecule has 3 N–H and O–H groups in total. The van der Waals surface area contributed by atoms with E-state index in [9.17, 15) is 4.79 Å². The molecule has 0 bridgehead atoms. The van der Waals surface area contributed by atoms with E-state index in [1.54, 1.807) is 6.20 Å². The van der Waals surface area contributed by atoms with Crippen LogP contribution in [-0.4, -0.2) is 29.3 Å². The maximum absolute atomic E-state index is 11.6. The average Bonchev–Trinajstić information content (AvgIpc) is 2.59. The quantitative estimate of drug-likeness (QED) is 0.736. The van der Waals surface area contributed by atoms with Crippen LogP contribution in [0.4, 0.5) is 5.69 Å². The first kappa shape index (κ1) is 16.0. The van der Waals surface area contributed by atoms with Crippen LogP contribution in [0.2, 0.25) is 5.02 Å². The lowest BCUT2D eigenvalue weighted by Gasteiger charge is -2.33. The number of anilines is 1. The van der Waals surface area contributed by atoms with Crippen molar-refractivity contribution in [3.05, 3.63) is 33.0 Å². The smallest absolute Gasteiger partial charge is 0.285 e. The maximum atomic E-state index is 11.6. The first-order chi connectivity index (χ1) is 11.2. The Morgan fingerprint density at radius 1 is 1.39 bits per heavy atom. The number of nitrogens with one attached hydrogen (secondary N) is 3. The normalized spacial score (nSPS) is 19.8. The zero-order valence-corrected chi connectivity index (χ0v) is 13.7. The van der Waals surface area contributed by atoms with E-state index in [2.05, 4.69) is 20.6 Å². The van der Waals surface area contributed by atoms with Crippen LogP contribution in [0.5, 0.6) is 0 Å². The molecule has 0 unspecified atom stereocenters. The second-order valence-corrected chi connectivity index (χ2v) is 6.46. The Hall–Kier alpha value is -1.89. The lowest BCUT2D eigenvalue weighted by molar-refractivity contribution is 0.389. The Labute approximate surface area is 139 Å². The van der Waals surface area contributed by atoms with Crippen molar-refractivity contribution in [2.24, 2.45) is 5.11 Å². The number of hydrogen-bond donors (Lipinski definition) is 3. The molecule has 8 heteroatoms. The Bertz CT molecular complexity index is 664. The van der Waals surface area contributed by atoms with Gasteiger partial charge < -0.3 is 10.2 Å². The summed E-state index contributed by atoms with van der Waals surface area (Å²) < 4.78 is 0. The SMILES string of the molecule is N=NC1=C(NC2CCCCC2)CCN(c2cn[nH]c(=O)c2Cl)C1. The van der Waals surface area contributed by atoms with Gasteiger partial charge in [0.15, 0.2) is 0 Å². The van der Waals surface area contributed by atoms with Crippen LogP contribution in [0.3, 0.4) is 0 Å². The molecule has 1 aliphatic carbocycles. The van der Waals surface area contributed by atoms with Crippen molar-refractivity contribution < 1.29 is 0 Å². The van der Waals surface area contributed by atoms with Crippen LogP contribution in [-0.2, 0) is 0 Å². The van der Waals surface area contributed by atoms with Crippen molar-refractivity contribution in [3.8, 4) is 0 Å². The molecular weight excluding hydrogens is 316 g/mol. The third kappa shape index (κ3) is 3.55. The number of aromatic amines is 1. The van der Waals surface area contributed by atoms with Crippen molar-refractivity contribution in [2.75, 3.05) is 18.0 Å². The molecule has 2 aliphatic rings. The third-order valence-electron chi connectivity index (χ3n) is 4.56. The largest absolute Gasteiger partial charge is 0.384 e. The molecule has 1 aliphatic heterocycles. The fourth-order valence-electron chi connectivity index (χ4n) is 3.30. The van der Waals surface area contributed by atoms with E-state index in [4.69, 9.17) is 17.1 Å². The van der Waals surface area contributed by atoms with Crippen LogP contribution in [0.15, 0.2) is 27.5 Å². The van der Waals surface area contributed by atoms with E-state index in [1.165, 1.54) is 32.1 Å². The first-order valence-corrected chi connectivity index (χ1v) is 8.41. The number of H-pyrrole nitrogens is 1. The number of hydrogen-bond acceptors (Lipinski definition) is 6. The summed E-state index contributed by atoms with van der Waals surface area (Å²) in [6.45, 7) is 1.18. The summed E-state index contributed by atoms with van der Waals surface area (Å²) in [5, 5.41) is 13.5. The number of nitrogens with zero attached hydrogens (tertiary/aromatic N) is 3. The summed E-state index contributed by atoms with van der Waals surface area (Å²) >= 11 is 6.07. The molecule has 0 radical (unpaired) electrons. The van der Waals surface area contributed by atoms with E-state index in [0.29, 0.717) is 24.0 Å². The molecule has 7 nitrogen and oxygen atoms in total. The second-order valence-electron chi connectivity index (χ2n) is 6.09. The van der Waals surface area contributed by atoms with Crippen LogP contribution in [0, 0.1) is 5.53 Å². The van der Waals surface area contributed by atoms with Crippen LogP contribution < -0.4 is 15.8 Å². The van der Waals surface area contributed by atoms with Gasteiger partial charge in [0.1, 0.15) is 10.7 Å². The standard InChI is InChI=1S/C15H21ClN6O/c16-14-13(8-18-21-15(14)23)22-7-6-11(12(9-22)20-17)19-10-4-2-1-3-5-10/h8,10,17,19H,1-7,9H2,(H,21,23). The highest BCUT2D eigenvalue weighted by Gasteiger charge is 2.24. The average molecular weight is 337 g/mol. The molecule has 0 spiro atoms. The monoisotopic (exact) mass is 336 g/mol. The van der Waals surface area contributed by atoms with Crippen molar-refractivity contribution in [3.63, 3.8) is 0 Å². The number of halogens is 1. The molecule has 23 heavy (non-hydrogen) atoms. The van der Waals surface area contributed by atoms with Crippen molar-refractivity contribution in [2.45, 2.75) is 44.6 Å². The van der Waals surface area contributed by atoms with Crippen LogP contribution in [0.25, 0.3) is 0 Å². The summed E-state index contributed by atoms with van der Waals surface area (Å²) in [4.78, 5) is 13.5. The minimum atomic E-state index is -0.399. The molecular formula is C15H21ClN6O. The van der Waals surface area contributed by atoms with Gasteiger partial charge >= 0.3 is 0 Å². The molecule has 1 saturated carbocycles. The molecule has 1 aromatic heterocycles. The fourth-order valence-corrected chi connectivity index (χ4v) is 3.51. The van der Waals surface area contributed by atoms with Crippen LogP contribution in [0.1, 0.15) is 38.5 Å². The van der Waals surface area contributed by atoms with Gasteiger partial charge in [0, 0.05) is 24.7 Å². The highest BCUT2D eigenvalue weighted by molar-refractivity contribution is 6.33. The van der Waals surface area contributed by atoms with Gasteiger partial charge in [0.2, 0.25) is 0 Å². The zero-order chi connectivity index (χ0) is 16.2. The van der Waals surface area contributed by atoms with Gasteiger partial charge in [-0.05, 0) is 12.8 Å². The van der Waals surface area contributed by atoms with E-state index < -0.39 is 5.56 Å². The summed E-state index contributed by atoms with van der Waals surface area (Å²) in [5.74, 6) is 0. The molecule has 1 aromatic rings. The summed E-state index contributed by atoms with van der Waals surface area (Å²) in [7, 11) is 0. The van der Waals surface area contributed by atoms with E-state index >= 15 is 0 Å². The Morgan fingerprint density at radius 2 is 2.17 bits per heavy atom. The van der Waals surface area contributed by atoms with Crippen LogP contribution >= 0.6 is 11.6 Å². The van der Waals surface area contributed by atoms with Crippen molar-refractivity contribution >= 4 is 17.3 Å². The van der Waals surface area contributed by atoms with Gasteiger partial charge in [-0.25, -0.2) is 10.6 Å². The Balaban J connectivity index is 1.76. The molecule has 3 rings (SSSR count). The van der Waals surface area contributed by atoms with E-state index in [1.807, 2.05) is 4.90 Å². The topological polar surface area (TPSA) is 97.2 Å². The molecule has 1 fully saturated rings. The Morgan fingerprint density at radius 3 is 2.91 bits per heavy atom. The molecule has 0 atom stereocenters. The van der Waals surface area contributed by atoms with Gasteiger partial charge in [0.05, 0.1) is 18.4 Å². The second kappa shape index (κ2) is 7.12. The van der Waals surface area contributed by atoms with Crippen molar-refractivity contribution in [1.29, 1.82) is 5.53 Å². The number of aromatic nitrogens is 2. The molecule has 0 aromatic carbocycles. The van der Waals surface area contributed by atoms with Gasteiger partial charge in [-0.2, -0.15) is 10.2 Å². The fraction of sp³-hybridized carbons (Fsp3) is 0.600. The lowest BCUT2D eigenvalue weighted by atomic mass is 9.95. The van der Waals surface area contributed by atoms with Crippen molar-refractivity contribution in [1.82, 2.24) is 15.5 Å². The molecule has 0 saturated heterocycles. The number of rotatable bonds is 4. The molecule has 2 heterocycles. The highest BCUT2D eigenvalue weighted by atomic mass is 35.5. The van der Waals surface area contributed by atoms with Gasteiger partial charge in [-0.1, -0.05) is 30.9 Å².